The zero-order chi connectivity index (χ0) is 13.0. The molecule has 0 saturated heterocycles. The van der Waals surface area contributed by atoms with Crippen LogP contribution in [0, 0.1) is 0 Å². The van der Waals surface area contributed by atoms with Gasteiger partial charge in [-0.05, 0) is 32.2 Å². The van der Waals surface area contributed by atoms with Crippen molar-refractivity contribution in [1.82, 2.24) is 5.32 Å². The Balaban J connectivity index is 2.32. The Morgan fingerprint density at radius 2 is 1.61 bits per heavy atom. The molecule has 3 heteroatoms. The lowest BCUT2D eigenvalue weighted by Gasteiger charge is -2.16. The van der Waals surface area contributed by atoms with Crippen molar-refractivity contribution in [2.24, 2.45) is 0 Å². The Morgan fingerprint density at radius 1 is 1.00 bits per heavy atom. The molecule has 0 saturated carbocycles. The van der Waals surface area contributed by atoms with Gasteiger partial charge >= 0.3 is 0 Å². The van der Waals surface area contributed by atoms with Crippen LogP contribution < -0.4 is 10.1 Å². The molecule has 2 nitrogen and oxygen atoms in total. The maximum Gasteiger partial charge on any atom is 0.146 e. The number of rotatable bonds is 4. The van der Waals surface area contributed by atoms with Crippen molar-refractivity contribution < 1.29 is 4.74 Å². The first-order valence-electron chi connectivity index (χ1n) is 5.91. The lowest BCUT2D eigenvalue weighted by Crippen LogP contribution is -2.13. The second-order valence-corrected chi connectivity index (χ2v) is 4.49. The van der Waals surface area contributed by atoms with Gasteiger partial charge in [0.15, 0.2) is 0 Å². The van der Waals surface area contributed by atoms with Gasteiger partial charge in [-0.15, -0.1) is 0 Å². The maximum atomic E-state index is 6.10. The molecule has 0 aliphatic rings. The second kappa shape index (κ2) is 5.89. The Labute approximate surface area is 113 Å². The van der Waals surface area contributed by atoms with Crippen LogP contribution in [0.15, 0.2) is 48.5 Å². The molecule has 2 aromatic carbocycles. The van der Waals surface area contributed by atoms with Crippen molar-refractivity contribution in [3.05, 3.63) is 59.1 Å². The summed E-state index contributed by atoms with van der Waals surface area (Å²) >= 11 is 6.10. The molecule has 0 fully saturated rings. The second-order valence-electron chi connectivity index (χ2n) is 4.08. The minimum Gasteiger partial charge on any atom is -0.455 e. The van der Waals surface area contributed by atoms with E-state index in [-0.39, 0.29) is 6.04 Å². The zero-order valence-corrected chi connectivity index (χ0v) is 11.2. The number of ether oxygens (including phenoxy) is 1. The summed E-state index contributed by atoms with van der Waals surface area (Å²) < 4.78 is 5.89. The number of hydrogen-bond donors (Lipinski definition) is 1. The molecule has 0 aliphatic heterocycles. The van der Waals surface area contributed by atoms with Crippen molar-refractivity contribution in [3.63, 3.8) is 0 Å². The Morgan fingerprint density at radius 3 is 2.28 bits per heavy atom. The first-order chi connectivity index (χ1) is 8.72. The number of halogens is 1. The van der Waals surface area contributed by atoms with E-state index in [1.807, 2.05) is 55.6 Å². The molecule has 0 heterocycles. The molecule has 0 spiro atoms. The number of nitrogens with one attached hydrogen (secondary N) is 1. The number of hydrogen-bond acceptors (Lipinski definition) is 2. The fourth-order valence-corrected chi connectivity index (χ4v) is 1.91. The molecule has 18 heavy (non-hydrogen) atoms. The van der Waals surface area contributed by atoms with Gasteiger partial charge in [-0.2, -0.15) is 0 Å². The molecule has 0 bridgehead atoms. The highest BCUT2D eigenvalue weighted by Gasteiger charge is 2.11. The topological polar surface area (TPSA) is 21.3 Å². The van der Waals surface area contributed by atoms with Crippen LogP contribution in [0.25, 0.3) is 0 Å². The third-order valence-corrected chi connectivity index (χ3v) is 3.19. The summed E-state index contributed by atoms with van der Waals surface area (Å²) in [6, 6.07) is 15.7. The van der Waals surface area contributed by atoms with Crippen molar-refractivity contribution in [3.8, 4) is 11.5 Å². The Kier molecular flexibility index (Phi) is 4.24. The van der Waals surface area contributed by atoms with E-state index in [0.717, 1.165) is 11.3 Å². The van der Waals surface area contributed by atoms with Crippen LogP contribution >= 0.6 is 11.6 Å². The molecule has 0 aliphatic carbocycles. The van der Waals surface area contributed by atoms with Crippen molar-refractivity contribution in [1.29, 1.82) is 0 Å². The van der Waals surface area contributed by atoms with Gasteiger partial charge < -0.3 is 10.1 Å². The summed E-state index contributed by atoms with van der Waals surface area (Å²) in [5.41, 5.74) is 1.11. The molecule has 2 aromatic rings. The van der Waals surface area contributed by atoms with Crippen LogP contribution in [0.1, 0.15) is 18.5 Å². The maximum absolute atomic E-state index is 6.10. The average Bonchev–Trinajstić information content (AvgIpc) is 2.41. The van der Waals surface area contributed by atoms with Crippen LogP contribution in [-0.2, 0) is 0 Å². The van der Waals surface area contributed by atoms with Crippen LogP contribution in [0.2, 0.25) is 5.02 Å². The molecule has 1 atom stereocenters. The van der Waals surface area contributed by atoms with Crippen LogP contribution in [0.4, 0.5) is 0 Å². The van der Waals surface area contributed by atoms with E-state index >= 15 is 0 Å². The normalized spacial score (nSPS) is 12.2. The quantitative estimate of drug-likeness (QED) is 0.880. The summed E-state index contributed by atoms with van der Waals surface area (Å²) in [5.74, 6) is 1.50. The summed E-state index contributed by atoms with van der Waals surface area (Å²) in [4.78, 5) is 0. The first kappa shape index (κ1) is 12.9. The Hall–Kier alpha value is -1.51. The smallest absolute Gasteiger partial charge is 0.146 e. The van der Waals surface area contributed by atoms with Gasteiger partial charge in [-0.3, -0.25) is 0 Å². The van der Waals surface area contributed by atoms with Crippen LogP contribution in [0.3, 0.4) is 0 Å². The predicted molar refractivity (Wildman–Crippen MR) is 75.4 cm³/mol. The van der Waals surface area contributed by atoms with Crippen molar-refractivity contribution >= 4 is 11.6 Å². The monoisotopic (exact) mass is 261 g/mol. The molecular formula is C15H16ClNO. The van der Waals surface area contributed by atoms with Crippen molar-refractivity contribution in [2.45, 2.75) is 13.0 Å². The molecule has 1 unspecified atom stereocenters. The standard InChI is InChI=1S/C15H16ClNO/c1-11(17-2)12-7-3-5-9-14(12)18-15-10-6-4-8-13(15)16/h3-11,17H,1-2H3. The third kappa shape index (κ3) is 2.84. The van der Waals surface area contributed by atoms with Gasteiger partial charge in [0.1, 0.15) is 11.5 Å². The van der Waals surface area contributed by atoms with E-state index in [1.54, 1.807) is 0 Å². The lowest BCUT2D eigenvalue weighted by atomic mass is 10.1. The molecule has 0 radical (unpaired) electrons. The largest absolute Gasteiger partial charge is 0.455 e. The summed E-state index contributed by atoms with van der Waals surface area (Å²) in [7, 11) is 1.93. The third-order valence-electron chi connectivity index (χ3n) is 2.88. The minimum absolute atomic E-state index is 0.226. The first-order valence-corrected chi connectivity index (χ1v) is 6.28. The number of para-hydroxylation sites is 2. The zero-order valence-electron chi connectivity index (χ0n) is 10.5. The molecule has 0 amide bonds. The Bertz CT molecular complexity index is 527. The summed E-state index contributed by atoms with van der Waals surface area (Å²) in [6.45, 7) is 2.09. The van der Waals surface area contributed by atoms with E-state index < -0.39 is 0 Å². The minimum atomic E-state index is 0.226. The SMILES string of the molecule is CNC(C)c1ccccc1Oc1ccccc1Cl. The van der Waals surface area contributed by atoms with Gasteiger partial charge in [0.2, 0.25) is 0 Å². The lowest BCUT2D eigenvalue weighted by molar-refractivity contribution is 0.466. The van der Waals surface area contributed by atoms with Crippen molar-refractivity contribution in [2.75, 3.05) is 7.05 Å². The molecule has 0 aromatic heterocycles. The van der Waals surface area contributed by atoms with E-state index in [2.05, 4.69) is 12.2 Å². The van der Waals surface area contributed by atoms with Gasteiger partial charge in [0.25, 0.3) is 0 Å². The molecule has 2 rings (SSSR count). The van der Waals surface area contributed by atoms with E-state index in [4.69, 9.17) is 16.3 Å². The fourth-order valence-electron chi connectivity index (χ4n) is 1.73. The molecule has 1 N–H and O–H groups in total. The van der Waals surface area contributed by atoms with Gasteiger partial charge in [0.05, 0.1) is 5.02 Å². The van der Waals surface area contributed by atoms with E-state index in [9.17, 15) is 0 Å². The summed E-state index contributed by atoms with van der Waals surface area (Å²) in [5, 5.41) is 3.82. The average molecular weight is 262 g/mol. The fraction of sp³-hybridized carbons (Fsp3) is 0.200. The number of benzene rings is 2. The van der Waals surface area contributed by atoms with Gasteiger partial charge in [-0.25, -0.2) is 0 Å². The van der Waals surface area contributed by atoms with Crippen LogP contribution in [-0.4, -0.2) is 7.05 Å². The van der Waals surface area contributed by atoms with Gasteiger partial charge in [0, 0.05) is 11.6 Å². The van der Waals surface area contributed by atoms with Crippen LogP contribution in [0.5, 0.6) is 11.5 Å². The molecule has 94 valence electrons. The van der Waals surface area contributed by atoms with E-state index in [0.29, 0.717) is 10.8 Å². The highest BCUT2D eigenvalue weighted by Crippen LogP contribution is 2.32. The summed E-state index contributed by atoms with van der Waals surface area (Å²) in [6.07, 6.45) is 0. The highest BCUT2D eigenvalue weighted by molar-refractivity contribution is 6.32. The van der Waals surface area contributed by atoms with Gasteiger partial charge in [-0.1, -0.05) is 41.9 Å². The molecular weight excluding hydrogens is 246 g/mol. The highest BCUT2D eigenvalue weighted by atomic mass is 35.5. The van der Waals surface area contributed by atoms with E-state index in [1.165, 1.54) is 0 Å². The predicted octanol–water partition coefficient (Wildman–Crippen LogP) is 4.41.